The number of pyridine rings is 1. The molecule has 6 heteroatoms. The zero-order valence-corrected chi connectivity index (χ0v) is 12.5. The molecule has 0 amide bonds. The third-order valence-corrected chi connectivity index (χ3v) is 4.10. The van der Waals surface area contributed by atoms with Crippen molar-refractivity contribution in [1.29, 1.82) is 0 Å². The van der Waals surface area contributed by atoms with Gasteiger partial charge in [-0.25, -0.2) is 8.42 Å². The summed E-state index contributed by atoms with van der Waals surface area (Å²) in [5, 5.41) is 0.932. The summed E-state index contributed by atoms with van der Waals surface area (Å²) in [6.45, 7) is 1.14. The number of nitrogen functional groups attached to an aromatic ring is 1. The Hall–Kier alpha value is -1.66. The first-order chi connectivity index (χ1) is 9.37. The minimum absolute atomic E-state index is 0.157. The molecule has 1 aromatic heterocycles. The van der Waals surface area contributed by atoms with Crippen molar-refractivity contribution in [3.63, 3.8) is 0 Å². The number of nitrogens with two attached hydrogens (primary N) is 1. The molecule has 0 bridgehead atoms. The Bertz CT molecular complexity index is 713. The van der Waals surface area contributed by atoms with Crippen molar-refractivity contribution in [3.8, 4) is 0 Å². The molecule has 2 aromatic rings. The molecule has 0 saturated heterocycles. The zero-order valence-electron chi connectivity index (χ0n) is 11.7. The molecule has 1 heterocycles. The predicted molar refractivity (Wildman–Crippen MR) is 82.2 cm³/mol. The van der Waals surface area contributed by atoms with Crippen molar-refractivity contribution in [3.05, 3.63) is 36.0 Å². The molecule has 2 N–H and O–H groups in total. The lowest BCUT2D eigenvalue weighted by Gasteiger charge is -2.17. The van der Waals surface area contributed by atoms with Gasteiger partial charge < -0.3 is 10.6 Å². The van der Waals surface area contributed by atoms with E-state index in [9.17, 15) is 8.42 Å². The lowest BCUT2D eigenvalue weighted by Crippen LogP contribution is -2.25. The van der Waals surface area contributed by atoms with Crippen molar-refractivity contribution in [2.45, 2.75) is 6.54 Å². The van der Waals surface area contributed by atoms with Gasteiger partial charge in [0, 0.05) is 36.6 Å². The van der Waals surface area contributed by atoms with Crippen LogP contribution in [0.2, 0.25) is 0 Å². The van der Waals surface area contributed by atoms with Gasteiger partial charge in [0.1, 0.15) is 9.84 Å². The molecular formula is C14H19N3O2S. The summed E-state index contributed by atoms with van der Waals surface area (Å²) in [5.74, 6) is 0.157. The molecule has 108 valence electrons. The van der Waals surface area contributed by atoms with Gasteiger partial charge in [0.2, 0.25) is 0 Å². The summed E-state index contributed by atoms with van der Waals surface area (Å²) in [6, 6.07) is 7.61. The molecule has 5 nitrogen and oxygen atoms in total. The van der Waals surface area contributed by atoms with E-state index in [2.05, 4.69) is 4.98 Å². The highest BCUT2D eigenvalue weighted by atomic mass is 32.2. The molecule has 0 aliphatic heterocycles. The Balaban J connectivity index is 2.20. The van der Waals surface area contributed by atoms with Crippen LogP contribution in [-0.4, -0.2) is 43.9 Å². The van der Waals surface area contributed by atoms with Crippen LogP contribution in [0.25, 0.3) is 10.9 Å². The van der Waals surface area contributed by atoms with Crippen molar-refractivity contribution < 1.29 is 8.42 Å². The van der Waals surface area contributed by atoms with Crippen molar-refractivity contribution in [2.24, 2.45) is 0 Å². The van der Waals surface area contributed by atoms with E-state index < -0.39 is 9.84 Å². The number of fused-ring (bicyclic) bond motifs is 1. The van der Waals surface area contributed by atoms with Crippen LogP contribution >= 0.6 is 0 Å². The number of anilines is 1. The lowest BCUT2D eigenvalue weighted by atomic mass is 10.1. The molecule has 0 saturated carbocycles. The van der Waals surface area contributed by atoms with Crippen LogP contribution in [0.5, 0.6) is 0 Å². The topological polar surface area (TPSA) is 76.3 Å². The molecule has 0 atom stereocenters. The fourth-order valence-corrected chi connectivity index (χ4v) is 2.72. The zero-order chi connectivity index (χ0) is 14.8. The molecular weight excluding hydrogens is 274 g/mol. The van der Waals surface area contributed by atoms with Gasteiger partial charge in [-0.2, -0.15) is 0 Å². The molecule has 0 radical (unpaired) electrons. The van der Waals surface area contributed by atoms with Gasteiger partial charge in [-0.15, -0.1) is 0 Å². The van der Waals surface area contributed by atoms with Crippen molar-refractivity contribution in [2.75, 3.05) is 31.3 Å². The van der Waals surface area contributed by atoms with E-state index in [1.165, 1.54) is 6.26 Å². The Morgan fingerprint density at radius 3 is 2.75 bits per heavy atom. The van der Waals surface area contributed by atoms with Gasteiger partial charge in [0.15, 0.2) is 0 Å². The molecule has 0 aliphatic carbocycles. The standard InChI is InChI=1S/C14H19N3O2S/c1-17(8-9-20(2,18)19)10-11-5-6-13(15)12-4-3-7-16-14(11)12/h3-7H,8-10,15H2,1-2H3. The van der Waals surface area contributed by atoms with E-state index in [4.69, 9.17) is 5.73 Å². The number of benzene rings is 1. The normalized spacial score (nSPS) is 12.2. The Morgan fingerprint density at radius 1 is 1.30 bits per heavy atom. The Labute approximate surface area is 119 Å². The van der Waals surface area contributed by atoms with Crippen molar-refractivity contribution >= 4 is 26.4 Å². The van der Waals surface area contributed by atoms with E-state index >= 15 is 0 Å². The van der Waals surface area contributed by atoms with Crippen LogP contribution in [0.1, 0.15) is 5.56 Å². The molecule has 0 spiro atoms. The number of hydrogen-bond donors (Lipinski definition) is 1. The largest absolute Gasteiger partial charge is 0.398 e. The van der Waals surface area contributed by atoms with Crippen molar-refractivity contribution in [1.82, 2.24) is 9.88 Å². The monoisotopic (exact) mass is 293 g/mol. The third kappa shape index (κ3) is 3.68. The third-order valence-electron chi connectivity index (χ3n) is 3.17. The SMILES string of the molecule is CN(CCS(C)(=O)=O)Cc1ccc(N)c2cccnc12. The fourth-order valence-electron chi connectivity index (χ4n) is 2.07. The maximum Gasteiger partial charge on any atom is 0.148 e. The minimum atomic E-state index is -2.94. The lowest BCUT2D eigenvalue weighted by molar-refractivity contribution is 0.347. The van der Waals surface area contributed by atoms with E-state index in [1.807, 2.05) is 36.2 Å². The fraction of sp³-hybridized carbons (Fsp3) is 0.357. The molecule has 20 heavy (non-hydrogen) atoms. The van der Waals surface area contributed by atoms with Gasteiger partial charge in [-0.05, 0) is 30.8 Å². The summed E-state index contributed by atoms with van der Waals surface area (Å²) < 4.78 is 22.4. The van der Waals surface area contributed by atoms with E-state index in [0.29, 0.717) is 18.8 Å². The number of nitrogens with zero attached hydrogens (tertiary/aromatic N) is 2. The Kier molecular flexibility index (Phi) is 4.25. The summed E-state index contributed by atoms with van der Waals surface area (Å²) in [5.41, 5.74) is 8.56. The van der Waals surface area contributed by atoms with Crippen LogP contribution in [0.15, 0.2) is 30.5 Å². The molecule has 2 rings (SSSR count). The van der Waals surface area contributed by atoms with Crippen LogP contribution < -0.4 is 5.73 Å². The van der Waals surface area contributed by atoms with E-state index in [1.54, 1.807) is 6.20 Å². The number of rotatable bonds is 5. The molecule has 0 aliphatic rings. The number of sulfone groups is 1. The second-order valence-electron chi connectivity index (χ2n) is 5.08. The average molecular weight is 293 g/mol. The second kappa shape index (κ2) is 5.76. The van der Waals surface area contributed by atoms with Gasteiger partial charge >= 0.3 is 0 Å². The van der Waals surface area contributed by atoms with Gasteiger partial charge in [-0.1, -0.05) is 6.07 Å². The quantitative estimate of drug-likeness (QED) is 0.841. The number of hydrogen-bond acceptors (Lipinski definition) is 5. The maximum atomic E-state index is 11.2. The first-order valence-corrected chi connectivity index (χ1v) is 8.41. The maximum absolute atomic E-state index is 11.2. The first kappa shape index (κ1) is 14.7. The molecule has 0 unspecified atom stereocenters. The van der Waals surface area contributed by atoms with Gasteiger partial charge in [0.05, 0.1) is 11.3 Å². The summed E-state index contributed by atoms with van der Waals surface area (Å²) in [4.78, 5) is 6.35. The van der Waals surface area contributed by atoms with Crippen LogP contribution in [0.3, 0.4) is 0 Å². The van der Waals surface area contributed by atoms with Gasteiger partial charge in [0.25, 0.3) is 0 Å². The summed E-state index contributed by atoms with van der Waals surface area (Å²) in [6.07, 6.45) is 2.99. The summed E-state index contributed by atoms with van der Waals surface area (Å²) in [7, 11) is -1.04. The highest BCUT2D eigenvalue weighted by molar-refractivity contribution is 7.90. The number of aromatic nitrogens is 1. The van der Waals surface area contributed by atoms with E-state index in [0.717, 1.165) is 16.5 Å². The molecule has 1 aromatic carbocycles. The predicted octanol–water partition coefficient (Wildman–Crippen LogP) is 1.29. The van der Waals surface area contributed by atoms with Crippen LogP contribution in [-0.2, 0) is 16.4 Å². The first-order valence-electron chi connectivity index (χ1n) is 6.35. The average Bonchev–Trinajstić information content (AvgIpc) is 2.39. The van der Waals surface area contributed by atoms with Gasteiger partial charge in [-0.3, -0.25) is 4.98 Å². The Morgan fingerprint density at radius 2 is 2.05 bits per heavy atom. The molecule has 0 fully saturated rings. The summed E-state index contributed by atoms with van der Waals surface area (Å²) >= 11 is 0. The smallest absolute Gasteiger partial charge is 0.148 e. The van der Waals surface area contributed by atoms with Crippen LogP contribution in [0.4, 0.5) is 5.69 Å². The second-order valence-corrected chi connectivity index (χ2v) is 7.34. The highest BCUT2D eigenvalue weighted by Gasteiger charge is 2.09. The highest BCUT2D eigenvalue weighted by Crippen LogP contribution is 2.23. The van der Waals surface area contributed by atoms with E-state index in [-0.39, 0.29) is 5.75 Å². The minimum Gasteiger partial charge on any atom is -0.398 e. The van der Waals surface area contributed by atoms with Crippen LogP contribution in [0, 0.1) is 0 Å².